The minimum atomic E-state index is -3.64. The van der Waals surface area contributed by atoms with Crippen LogP contribution in [0.15, 0.2) is 66.1 Å². The van der Waals surface area contributed by atoms with E-state index in [1.165, 1.54) is 4.31 Å². The standard InChI is InChI=1S/C20H23NO4S/c1-4-14-21(26(23,24)19-12-6-16(3)7-13-19)15-17-8-10-18(11-9-17)20(22)25-5-2/h4,6-13H,1,5,14-15H2,2-3H3. The van der Waals surface area contributed by atoms with Gasteiger partial charge in [-0.05, 0) is 43.7 Å². The fourth-order valence-corrected chi connectivity index (χ4v) is 3.81. The summed E-state index contributed by atoms with van der Waals surface area (Å²) < 4.78 is 32.1. The van der Waals surface area contributed by atoms with E-state index < -0.39 is 16.0 Å². The van der Waals surface area contributed by atoms with Crippen LogP contribution in [-0.2, 0) is 21.3 Å². The van der Waals surface area contributed by atoms with Crippen molar-refractivity contribution in [2.24, 2.45) is 0 Å². The number of sulfonamides is 1. The molecule has 0 heterocycles. The number of benzene rings is 2. The van der Waals surface area contributed by atoms with Crippen molar-refractivity contribution < 1.29 is 17.9 Å². The highest BCUT2D eigenvalue weighted by molar-refractivity contribution is 7.89. The third-order valence-electron chi connectivity index (χ3n) is 3.82. The molecule has 0 atom stereocenters. The molecule has 2 aromatic carbocycles. The molecule has 0 saturated heterocycles. The Kier molecular flexibility index (Phi) is 6.71. The lowest BCUT2D eigenvalue weighted by Crippen LogP contribution is -2.30. The topological polar surface area (TPSA) is 63.7 Å². The Balaban J connectivity index is 2.23. The Hall–Kier alpha value is -2.44. The van der Waals surface area contributed by atoms with Gasteiger partial charge in [-0.3, -0.25) is 0 Å². The van der Waals surface area contributed by atoms with Gasteiger partial charge in [-0.1, -0.05) is 35.9 Å². The molecule has 0 aliphatic carbocycles. The largest absolute Gasteiger partial charge is 0.462 e. The van der Waals surface area contributed by atoms with Gasteiger partial charge in [0, 0.05) is 13.1 Å². The maximum Gasteiger partial charge on any atom is 0.338 e. The smallest absolute Gasteiger partial charge is 0.338 e. The summed E-state index contributed by atoms with van der Waals surface area (Å²) in [6, 6.07) is 13.5. The number of aryl methyl sites for hydroxylation is 1. The molecule has 6 heteroatoms. The van der Waals surface area contributed by atoms with Gasteiger partial charge in [0.1, 0.15) is 0 Å². The summed E-state index contributed by atoms with van der Waals surface area (Å²) in [5.41, 5.74) is 2.21. The average molecular weight is 373 g/mol. The van der Waals surface area contributed by atoms with Gasteiger partial charge in [0.05, 0.1) is 17.1 Å². The normalized spacial score (nSPS) is 11.3. The van der Waals surface area contributed by atoms with Crippen molar-refractivity contribution in [2.75, 3.05) is 13.2 Å². The highest BCUT2D eigenvalue weighted by Crippen LogP contribution is 2.19. The molecule has 0 saturated carbocycles. The summed E-state index contributed by atoms with van der Waals surface area (Å²) in [6.45, 7) is 7.99. The summed E-state index contributed by atoms with van der Waals surface area (Å²) in [7, 11) is -3.64. The maximum absolute atomic E-state index is 12.9. The fraction of sp³-hybridized carbons (Fsp3) is 0.250. The predicted molar refractivity (Wildman–Crippen MR) is 101 cm³/mol. The van der Waals surface area contributed by atoms with Crippen molar-refractivity contribution in [1.82, 2.24) is 4.31 Å². The van der Waals surface area contributed by atoms with Crippen molar-refractivity contribution in [3.8, 4) is 0 Å². The van der Waals surface area contributed by atoms with Crippen LogP contribution >= 0.6 is 0 Å². The second kappa shape index (κ2) is 8.78. The van der Waals surface area contributed by atoms with Gasteiger partial charge in [-0.25, -0.2) is 13.2 Å². The first-order valence-electron chi connectivity index (χ1n) is 8.32. The highest BCUT2D eigenvalue weighted by Gasteiger charge is 2.23. The molecule has 2 aromatic rings. The van der Waals surface area contributed by atoms with E-state index in [4.69, 9.17) is 4.74 Å². The Bertz CT molecular complexity index is 856. The van der Waals surface area contributed by atoms with Crippen molar-refractivity contribution in [3.63, 3.8) is 0 Å². The van der Waals surface area contributed by atoms with Gasteiger partial charge < -0.3 is 4.74 Å². The van der Waals surface area contributed by atoms with Crippen molar-refractivity contribution in [1.29, 1.82) is 0 Å². The lowest BCUT2D eigenvalue weighted by Gasteiger charge is -2.21. The number of esters is 1. The molecule has 5 nitrogen and oxygen atoms in total. The molecule has 0 N–H and O–H groups in total. The second-order valence-electron chi connectivity index (χ2n) is 5.82. The molecule has 0 aliphatic rings. The summed E-state index contributed by atoms with van der Waals surface area (Å²) >= 11 is 0. The number of hydrogen-bond acceptors (Lipinski definition) is 4. The molecule has 0 spiro atoms. The van der Waals surface area contributed by atoms with Crippen LogP contribution in [0.3, 0.4) is 0 Å². The van der Waals surface area contributed by atoms with E-state index in [9.17, 15) is 13.2 Å². The van der Waals surface area contributed by atoms with Crippen molar-refractivity contribution in [2.45, 2.75) is 25.3 Å². The first-order chi connectivity index (χ1) is 12.4. The number of rotatable bonds is 8. The van der Waals surface area contributed by atoms with E-state index in [1.807, 2.05) is 6.92 Å². The zero-order valence-corrected chi connectivity index (χ0v) is 15.8. The minimum absolute atomic E-state index is 0.186. The Morgan fingerprint density at radius 3 is 2.27 bits per heavy atom. The zero-order chi connectivity index (χ0) is 19.2. The van der Waals surface area contributed by atoms with E-state index in [-0.39, 0.29) is 18.0 Å². The predicted octanol–water partition coefficient (Wildman–Crippen LogP) is 3.55. The SMILES string of the molecule is C=CCN(Cc1ccc(C(=O)OCC)cc1)S(=O)(=O)c1ccc(C)cc1. The fourth-order valence-electron chi connectivity index (χ4n) is 2.42. The van der Waals surface area contributed by atoms with Gasteiger partial charge in [-0.15, -0.1) is 6.58 Å². The third-order valence-corrected chi connectivity index (χ3v) is 5.64. The van der Waals surface area contributed by atoms with Crippen LogP contribution in [0.5, 0.6) is 0 Å². The van der Waals surface area contributed by atoms with Crippen molar-refractivity contribution >= 4 is 16.0 Å². The van der Waals surface area contributed by atoms with E-state index in [0.29, 0.717) is 12.2 Å². The van der Waals surface area contributed by atoms with E-state index in [0.717, 1.165) is 11.1 Å². The summed E-state index contributed by atoms with van der Waals surface area (Å²) in [5, 5.41) is 0. The van der Waals surface area contributed by atoms with Crippen LogP contribution in [0.2, 0.25) is 0 Å². The molecule has 26 heavy (non-hydrogen) atoms. The van der Waals surface area contributed by atoms with Gasteiger partial charge >= 0.3 is 5.97 Å². The number of hydrogen-bond donors (Lipinski definition) is 0. The molecule has 138 valence electrons. The first-order valence-corrected chi connectivity index (χ1v) is 9.76. The molecular formula is C20H23NO4S. The minimum Gasteiger partial charge on any atom is -0.462 e. The van der Waals surface area contributed by atoms with E-state index in [1.54, 1.807) is 61.5 Å². The van der Waals surface area contributed by atoms with Gasteiger partial charge in [0.15, 0.2) is 0 Å². The Morgan fingerprint density at radius 2 is 1.73 bits per heavy atom. The third kappa shape index (κ3) is 4.80. The Morgan fingerprint density at radius 1 is 1.12 bits per heavy atom. The molecule has 0 unspecified atom stereocenters. The van der Waals surface area contributed by atoms with Crippen LogP contribution in [0, 0.1) is 6.92 Å². The summed E-state index contributed by atoms with van der Waals surface area (Å²) in [5.74, 6) is -0.394. The van der Waals surface area contributed by atoms with Gasteiger partial charge in [0.25, 0.3) is 0 Å². The van der Waals surface area contributed by atoms with Crippen molar-refractivity contribution in [3.05, 3.63) is 77.9 Å². The maximum atomic E-state index is 12.9. The lowest BCUT2D eigenvalue weighted by molar-refractivity contribution is 0.0526. The summed E-state index contributed by atoms with van der Waals surface area (Å²) in [4.78, 5) is 12.0. The highest BCUT2D eigenvalue weighted by atomic mass is 32.2. The average Bonchev–Trinajstić information content (AvgIpc) is 2.62. The molecule has 0 aliphatic heterocycles. The number of carbonyl (C=O) groups is 1. The molecule has 0 bridgehead atoms. The second-order valence-corrected chi connectivity index (χ2v) is 7.75. The summed E-state index contributed by atoms with van der Waals surface area (Å²) in [6.07, 6.45) is 1.55. The molecule has 0 fully saturated rings. The number of ether oxygens (including phenoxy) is 1. The van der Waals surface area contributed by atoms with Crippen LogP contribution in [0.1, 0.15) is 28.4 Å². The monoisotopic (exact) mass is 373 g/mol. The van der Waals surface area contributed by atoms with Gasteiger partial charge in [0.2, 0.25) is 10.0 Å². The Labute approximate surface area is 155 Å². The van der Waals surface area contributed by atoms with Crippen LogP contribution in [0.4, 0.5) is 0 Å². The van der Waals surface area contributed by atoms with Gasteiger partial charge in [-0.2, -0.15) is 4.31 Å². The quantitative estimate of drug-likeness (QED) is 0.524. The molecule has 0 amide bonds. The molecule has 0 radical (unpaired) electrons. The van der Waals surface area contributed by atoms with E-state index in [2.05, 4.69) is 6.58 Å². The molecular weight excluding hydrogens is 350 g/mol. The molecule has 0 aromatic heterocycles. The number of nitrogens with zero attached hydrogens (tertiary/aromatic N) is 1. The number of carbonyl (C=O) groups excluding carboxylic acids is 1. The van der Waals surface area contributed by atoms with Crippen LogP contribution in [-0.4, -0.2) is 31.8 Å². The zero-order valence-electron chi connectivity index (χ0n) is 15.0. The molecule has 2 rings (SSSR count). The van der Waals surface area contributed by atoms with Crippen LogP contribution in [0.25, 0.3) is 0 Å². The first kappa shape index (κ1) is 19.9. The van der Waals surface area contributed by atoms with E-state index >= 15 is 0 Å². The van der Waals surface area contributed by atoms with Crippen LogP contribution < -0.4 is 0 Å². The lowest BCUT2D eigenvalue weighted by atomic mass is 10.1.